The lowest BCUT2D eigenvalue weighted by Crippen LogP contribution is -2.22. The molecule has 2 rings (SSSR count). The Balaban J connectivity index is 1.91. The van der Waals surface area contributed by atoms with Crippen molar-refractivity contribution < 1.29 is 4.79 Å². The molecule has 0 spiro atoms. The molecule has 1 amide bonds. The van der Waals surface area contributed by atoms with Gasteiger partial charge >= 0.3 is 0 Å². The summed E-state index contributed by atoms with van der Waals surface area (Å²) in [6, 6.07) is 8.89. The Hall–Kier alpha value is -2.11. The average Bonchev–Trinajstić information content (AvgIpc) is 3.00. The largest absolute Gasteiger partial charge is 0.360 e. The third kappa shape index (κ3) is 5.23. The van der Waals surface area contributed by atoms with Crippen molar-refractivity contribution >= 4 is 39.8 Å². The second-order valence-electron chi connectivity index (χ2n) is 4.74. The Kier molecular flexibility index (Phi) is 6.38. The fourth-order valence-electron chi connectivity index (χ4n) is 1.68. The van der Waals surface area contributed by atoms with Crippen molar-refractivity contribution in [3.05, 3.63) is 29.8 Å². The van der Waals surface area contributed by atoms with Gasteiger partial charge in [-0.3, -0.25) is 4.79 Å². The van der Waals surface area contributed by atoms with E-state index < -0.39 is 0 Å². The zero-order valence-corrected chi connectivity index (χ0v) is 14.5. The number of benzene rings is 1. The predicted molar refractivity (Wildman–Crippen MR) is 93.8 cm³/mol. The first-order chi connectivity index (χ1) is 11.1. The Morgan fingerprint density at radius 1 is 1.48 bits per heavy atom. The zero-order chi connectivity index (χ0) is 16.7. The van der Waals surface area contributed by atoms with Crippen LogP contribution < -0.4 is 10.6 Å². The highest BCUT2D eigenvalue weighted by molar-refractivity contribution is 8.02. The summed E-state index contributed by atoms with van der Waals surface area (Å²) in [5.41, 5.74) is 1.13. The van der Waals surface area contributed by atoms with Gasteiger partial charge in [0.2, 0.25) is 11.0 Å². The minimum Gasteiger partial charge on any atom is -0.360 e. The summed E-state index contributed by atoms with van der Waals surface area (Å²) in [5.74, 6) is -0.136. The van der Waals surface area contributed by atoms with Crippen molar-refractivity contribution in [1.29, 1.82) is 5.26 Å². The van der Waals surface area contributed by atoms with Crippen molar-refractivity contribution in [3.8, 4) is 6.07 Å². The molecule has 1 heterocycles. The number of amides is 1. The number of anilines is 2. The average molecular weight is 347 g/mol. The third-order valence-electron chi connectivity index (χ3n) is 2.84. The number of hydrogen-bond donors (Lipinski definition) is 2. The molecule has 0 aliphatic rings. The van der Waals surface area contributed by atoms with Crippen LogP contribution in [0.3, 0.4) is 0 Å². The molecule has 0 fully saturated rings. The zero-order valence-electron chi connectivity index (χ0n) is 12.9. The van der Waals surface area contributed by atoms with E-state index in [2.05, 4.69) is 27.8 Å². The van der Waals surface area contributed by atoms with E-state index in [9.17, 15) is 4.79 Å². The fourth-order valence-corrected chi connectivity index (χ4v) is 3.60. The predicted octanol–water partition coefficient (Wildman–Crippen LogP) is 3.35. The summed E-state index contributed by atoms with van der Waals surface area (Å²) >= 11 is 2.80. The van der Waals surface area contributed by atoms with Gasteiger partial charge in [0, 0.05) is 12.2 Å². The number of carbonyl (C=O) groups is 1. The smallest absolute Gasteiger partial charge is 0.237 e. The Labute approximate surface area is 143 Å². The van der Waals surface area contributed by atoms with Crippen molar-refractivity contribution in [2.45, 2.75) is 29.9 Å². The second kappa shape index (κ2) is 8.50. The molecule has 2 N–H and O–H groups in total. The first-order valence-electron chi connectivity index (χ1n) is 7.17. The molecule has 0 saturated heterocycles. The topological polar surface area (TPSA) is 90.7 Å². The third-order valence-corrected chi connectivity index (χ3v) is 4.90. The van der Waals surface area contributed by atoms with Gasteiger partial charge in [-0.05, 0) is 31.5 Å². The van der Waals surface area contributed by atoms with Crippen LogP contribution in [0.4, 0.5) is 10.8 Å². The molecule has 0 unspecified atom stereocenters. The highest BCUT2D eigenvalue weighted by Crippen LogP contribution is 2.29. The summed E-state index contributed by atoms with van der Waals surface area (Å²) in [6.45, 7) is 4.75. The summed E-state index contributed by atoms with van der Waals surface area (Å²) in [5, 5.41) is 23.4. The summed E-state index contributed by atoms with van der Waals surface area (Å²) in [6.07, 6.45) is 1.02. The number of rotatable bonds is 7. The van der Waals surface area contributed by atoms with Crippen LogP contribution in [-0.2, 0) is 4.79 Å². The molecule has 120 valence electrons. The monoisotopic (exact) mass is 347 g/mol. The number of thioether (sulfide) groups is 1. The second-order valence-corrected chi connectivity index (χ2v) is 7.31. The van der Waals surface area contributed by atoms with Crippen LogP contribution in [0.5, 0.6) is 0 Å². The van der Waals surface area contributed by atoms with Gasteiger partial charge in [0.15, 0.2) is 4.34 Å². The quantitative estimate of drug-likeness (QED) is 0.746. The molecule has 0 aliphatic carbocycles. The molecule has 1 aromatic heterocycles. The van der Waals surface area contributed by atoms with Gasteiger partial charge in [-0.1, -0.05) is 36.1 Å². The number of nitrogens with zero attached hydrogens (tertiary/aromatic N) is 3. The molecule has 1 atom stereocenters. The Bertz CT molecular complexity index is 710. The molecular formula is C15H17N5OS2. The van der Waals surface area contributed by atoms with Crippen LogP contribution in [0.25, 0.3) is 0 Å². The standard InChI is InChI=1S/C15H17N5OS2/c1-3-7-17-14-19-20-15(23-14)22-10(2)13(21)18-12-6-4-5-11(8-12)9-16/h4-6,8,10H,3,7H2,1-2H3,(H,17,19)(H,18,21)/t10-/m0/s1. The van der Waals surface area contributed by atoms with Crippen LogP contribution in [0, 0.1) is 11.3 Å². The van der Waals surface area contributed by atoms with Gasteiger partial charge < -0.3 is 10.6 Å². The number of aromatic nitrogens is 2. The highest BCUT2D eigenvalue weighted by Gasteiger charge is 2.17. The summed E-state index contributed by atoms with van der Waals surface area (Å²) in [4.78, 5) is 12.2. The number of carbonyl (C=O) groups excluding carboxylic acids is 1. The van der Waals surface area contributed by atoms with E-state index in [4.69, 9.17) is 5.26 Å². The number of hydrogen-bond acceptors (Lipinski definition) is 7. The first-order valence-corrected chi connectivity index (χ1v) is 8.87. The summed E-state index contributed by atoms with van der Waals surface area (Å²) in [7, 11) is 0. The molecular weight excluding hydrogens is 330 g/mol. The fraction of sp³-hybridized carbons (Fsp3) is 0.333. The maximum Gasteiger partial charge on any atom is 0.237 e. The lowest BCUT2D eigenvalue weighted by molar-refractivity contribution is -0.115. The van der Waals surface area contributed by atoms with E-state index in [-0.39, 0.29) is 11.2 Å². The van der Waals surface area contributed by atoms with E-state index in [1.807, 2.05) is 13.0 Å². The number of nitriles is 1. The number of nitrogens with one attached hydrogen (secondary N) is 2. The molecule has 2 aromatic rings. The Morgan fingerprint density at radius 2 is 2.30 bits per heavy atom. The van der Waals surface area contributed by atoms with Gasteiger partial charge in [0.05, 0.1) is 16.9 Å². The van der Waals surface area contributed by atoms with Crippen molar-refractivity contribution in [3.63, 3.8) is 0 Å². The molecule has 23 heavy (non-hydrogen) atoms. The molecule has 0 saturated carbocycles. The van der Waals surface area contributed by atoms with Crippen molar-refractivity contribution in [2.75, 3.05) is 17.2 Å². The molecule has 0 bridgehead atoms. The molecule has 1 aromatic carbocycles. The van der Waals surface area contributed by atoms with Crippen LogP contribution in [0.15, 0.2) is 28.6 Å². The maximum atomic E-state index is 12.2. The van der Waals surface area contributed by atoms with E-state index in [0.717, 1.165) is 22.4 Å². The lowest BCUT2D eigenvalue weighted by Gasteiger charge is -2.10. The SMILES string of the molecule is CCCNc1nnc(S[C@@H](C)C(=O)Nc2cccc(C#N)c2)s1. The van der Waals surface area contributed by atoms with Gasteiger partial charge in [-0.25, -0.2) is 0 Å². The molecule has 6 nitrogen and oxygen atoms in total. The van der Waals surface area contributed by atoms with Crippen LogP contribution >= 0.6 is 23.1 Å². The van der Waals surface area contributed by atoms with Gasteiger partial charge in [-0.15, -0.1) is 10.2 Å². The highest BCUT2D eigenvalue weighted by atomic mass is 32.2. The van der Waals surface area contributed by atoms with Crippen molar-refractivity contribution in [1.82, 2.24) is 10.2 Å². The van der Waals surface area contributed by atoms with Gasteiger partial charge in [-0.2, -0.15) is 5.26 Å². The van der Waals surface area contributed by atoms with E-state index >= 15 is 0 Å². The van der Waals surface area contributed by atoms with E-state index in [1.54, 1.807) is 24.3 Å². The van der Waals surface area contributed by atoms with Crippen LogP contribution in [0.1, 0.15) is 25.8 Å². The van der Waals surface area contributed by atoms with Gasteiger partial charge in [0.1, 0.15) is 0 Å². The van der Waals surface area contributed by atoms with Crippen LogP contribution in [0.2, 0.25) is 0 Å². The normalized spacial score (nSPS) is 11.5. The minimum absolute atomic E-state index is 0.136. The lowest BCUT2D eigenvalue weighted by atomic mass is 10.2. The van der Waals surface area contributed by atoms with Crippen molar-refractivity contribution in [2.24, 2.45) is 0 Å². The molecule has 0 radical (unpaired) electrons. The maximum absolute atomic E-state index is 12.2. The summed E-state index contributed by atoms with van der Waals surface area (Å²) < 4.78 is 0.747. The first kappa shape index (κ1) is 17.2. The van der Waals surface area contributed by atoms with E-state index in [1.165, 1.54) is 23.1 Å². The van der Waals surface area contributed by atoms with Gasteiger partial charge in [0.25, 0.3) is 0 Å². The minimum atomic E-state index is -0.312. The Morgan fingerprint density at radius 3 is 3.04 bits per heavy atom. The molecule has 0 aliphatic heterocycles. The van der Waals surface area contributed by atoms with E-state index in [0.29, 0.717) is 11.3 Å². The van der Waals surface area contributed by atoms with Crippen LogP contribution in [-0.4, -0.2) is 27.9 Å². The molecule has 8 heteroatoms.